The summed E-state index contributed by atoms with van der Waals surface area (Å²) in [4.78, 5) is 27.3. The lowest BCUT2D eigenvalue weighted by Gasteiger charge is -2.37. The maximum Gasteiger partial charge on any atom is 0.270 e. The van der Waals surface area contributed by atoms with Gasteiger partial charge in [-0.15, -0.1) is 0 Å². The molecule has 152 valence electrons. The Morgan fingerprint density at radius 1 is 1.10 bits per heavy atom. The zero-order valence-corrected chi connectivity index (χ0v) is 17.1. The molecule has 0 aliphatic carbocycles. The van der Waals surface area contributed by atoms with Crippen LogP contribution in [0, 0.1) is 10.1 Å². The van der Waals surface area contributed by atoms with Gasteiger partial charge in [0.15, 0.2) is 5.79 Å². The number of amides is 1. The molecule has 0 atom stereocenters. The number of ether oxygens (including phenoxy) is 2. The molecule has 0 unspecified atom stereocenters. The summed E-state index contributed by atoms with van der Waals surface area (Å²) in [5.74, 6) is -0.807. The molecule has 0 saturated carbocycles. The molecule has 29 heavy (non-hydrogen) atoms. The van der Waals surface area contributed by atoms with Crippen molar-refractivity contribution in [2.75, 3.05) is 26.3 Å². The molecule has 0 bridgehead atoms. The zero-order valence-electron chi connectivity index (χ0n) is 15.5. The number of halogens is 1. The van der Waals surface area contributed by atoms with Crippen molar-refractivity contribution in [3.63, 3.8) is 0 Å². The van der Waals surface area contributed by atoms with E-state index >= 15 is 0 Å². The van der Waals surface area contributed by atoms with Gasteiger partial charge in [0.1, 0.15) is 0 Å². The van der Waals surface area contributed by atoms with Crippen LogP contribution in [-0.4, -0.2) is 47.8 Å². The molecule has 1 spiro atoms. The molecular formula is C20H19ClN2O5S. The van der Waals surface area contributed by atoms with Crippen molar-refractivity contribution >= 4 is 35.0 Å². The highest BCUT2D eigenvalue weighted by atomic mass is 35.5. The zero-order chi connectivity index (χ0) is 20.4. The van der Waals surface area contributed by atoms with Crippen LogP contribution < -0.4 is 0 Å². The van der Waals surface area contributed by atoms with Crippen LogP contribution in [0.15, 0.2) is 52.3 Å². The van der Waals surface area contributed by atoms with Crippen LogP contribution in [0.2, 0.25) is 5.02 Å². The van der Waals surface area contributed by atoms with Gasteiger partial charge < -0.3 is 14.4 Å². The van der Waals surface area contributed by atoms with Crippen molar-refractivity contribution in [3.05, 3.63) is 63.2 Å². The first kappa shape index (κ1) is 20.2. The maximum atomic E-state index is 13.2. The monoisotopic (exact) mass is 434 g/mol. The summed E-state index contributed by atoms with van der Waals surface area (Å²) in [6, 6.07) is 11.6. The molecule has 0 aromatic heterocycles. The van der Waals surface area contributed by atoms with E-state index in [1.807, 2.05) is 12.1 Å². The number of likely N-dealkylation sites (tertiary alicyclic amines) is 1. The Labute approximate surface area is 177 Å². The molecular weight excluding hydrogens is 416 g/mol. The lowest BCUT2D eigenvalue weighted by Crippen LogP contribution is -2.47. The Bertz CT molecular complexity index is 921. The minimum Gasteiger partial charge on any atom is -0.347 e. The van der Waals surface area contributed by atoms with Crippen molar-refractivity contribution in [1.29, 1.82) is 0 Å². The topological polar surface area (TPSA) is 81.9 Å². The molecule has 2 aliphatic heterocycles. The second-order valence-electron chi connectivity index (χ2n) is 6.89. The third-order valence-corrected chi connectivity index (χ3v) is 6.41. The van der Waals surface area contributed by atoms with Crippen LogP contribution in [-0.2, 0) is 9.47 Å². The second-order valence-corrected chi connectivity index (χ2v) is 8.45. The summed E-state index contributed by atoms with van der Waals surface area (Å²) in [5, 5.41) is 11.9. The number of hydrogen-bond acceptors (Lipinski definition) is 6. The largest absolute Gasteiger partial charge is 0.347 e. The number of carbonyl (C=O) groups is 1. The van der Waals surface area contributed by atoms with Gasteiger partial charge in [-0.25, -0.2) is 0 Å². The van der Waals surface area contributed by atoms with E-state index in [-0.39, 0.29) is 11.6 Å². The van der Waals surface area contributed by atoms with Gasteiger partial charge in [0, 0.05) is 52.9 Å². The number of rotatable bonds is 4. The molecule has 4 rings (SSSR count). The molecule has 7 nitrogen and oxygen atoms in total. The predicted molar refractivity (Wildman–Crippen MR) is 108 cm³/mol. The number of carbonyl (C=O) groups excluding carboxylic acids is 1. The summed E-state index contributed by atoms with van der Waals surface area (Å²) in [7, 11) is 0. The van der Waals surface area contributed by atoms with E-state index in [2.05, 4.69) is 0 Å². The van der Waals surface area contributed by atoms with Gasteiger partial charge in [-0.1, -0.05) is 23.4 Å². The molecule has 2 aliphatic rings. The van der Waals surface area contributed by atoms with Crippen LogP contribution >= 0.6 is 23.4 Å². The number of nitrogens with zero attached hydrogens (tertiary/aromatic N) is 2. The van der Waals surface area contributed by atoms with Gasteiger partial charge in [0.05, 0.1) is 23.7 Å². The SMILES string of the molecule is O=C(c1cc([N+](=O)[O-])ccc1Sc1ccc(Cl)cc1)N1CCC2(CC1)OCCO2. The van der Waals surface area contributed by atoms with Crippen LogP contribution in [0.4, 0.5) is 5.69 Å². The van der Waals surface area contributed by atoms with Crippen LogP contribution in [0.1, 0.15) is 23.2 Å². The van der Waals surface area contributed by atoms with Crippen molar-refractivity contribution in [2.45, 2.75) is 28.4 Å². The lowest BCUT2D eigenvalue weighted by molar-refractivity contribution is -0.384. The second kappa shape index (κ2) is 8.31. The molecule has 2 fully saturated rings. The first-order valence-electron chi connectivity index (χ1n) is 9.25. The van der Waals surface area contributed by atoms with Crippen molar-refractivity contribution in [2.24, 2.45) is 0 Å². The van der Waals surface area contributed by atoms with Crippen molar-refractivity contribution in [3.8, 4) is 0 Å². The molecule has 0 N–H and O–H groups in total. The summed E-state index contributed by atoms with van der Waals surface area (Å²) in [6.45, 7) is 2.10. The number of nitro groups is 1. The van der Waals surface area contributed by atoms with Gasteiger partial charge in [-0.2, -0.15) is 0 Å². The van der Waals surface area contributed by atoms with Crippen LogP contribution in [0.25, 0.3) is 0 Å². The molecule has 9 heteroatoms. The van der Waals surface area contributed by atoms with Crippen LogP contribution in [0.3, 0.4) is 0 Å². The van der Waals surface area contributed by atoms with E-state index in [1.165, 1.54) is 23.9 Å². The highest BCUT2D eigenvalue weighted by molar-refractivity contribution is 7.99. The minimum absolute atomic E-state index is 0.107. The Morgan fingerprint density at radius 3 is 2.38 bits per heavy atom. The van der Waals surface area contributed by atoms with Crippen LogP contribution in [0.5, 0.6) is 0 Å². The summed E-state index contributed by atoms with van der Waals surface area (Å²) in [5.41, 5.74) is 0.216. The third kappa shape index (κ3) is 4.40. The van der Waals surface area contributed by atoms with E-state index in [9.17, 15) is 14.9 Å². The highest BCUT2D eigenvalue weighted by Crippen LogP contribution is 2.36. The highest BCUT2D eigenvalue weighted by Gasteiger charge is 2.41. The molecule has 0 radical (unpaired) electrons. The fourth-order valence-corrected chi connectivity index (χ4v) is 4.57. The standard InChI is InChI=1S/C20H19ClN2O5S/c21-14-1-4-16(5-2-14)29-18-6-3-15(23(25)26)13-17(18)19(24)22-9-7-20(8-10-22)27-11-12-28-20/h1-6,13H,7-12H2. The Balaban J connectivity index is 1.58. The predicted octanol–water partition coefficient (Wildman–Crippen LogP) is 4.38. The molecule has 2 heterocycles. The lowest BCUT2D eigenvalue weighted by atomic mass is 10.0. The summed E-state index contributed by atoms with van der Waals surface area (Å²) >= 11 is 7.32. The fraction of sp³-hybridized carbons (Fsp3) is 0.350. The number of hydrogen-bond donors (Lipinski definition) is 0. The molecule has 1 amide bonds. The van der Waals surface area contributed by atoms with Gasteiger partial charge in [-0.3, -0.25) is 14.9 Å². The third-order valence-electron chi connectivity index (χ3n) is 5.07. The van der Waals surface area contributed by atoms with Gasteiger partial charge in [0.25, 0.3) is 11.6 Å². The van der Waals surface area contributed by atoms with E-state index < -0.39 is 10.7 Å². The Morgan fingerprint density at radius 2 is 1.76 bits per heavy atom. The van der Waals surface area contributed by atoms with E-state index in [0.717, 1.165) is 4.90 Å². The van der Waals surface area contributed by atoms with Gasteiger partial charge in [-0.05, 0) is 30.3 Å². The molecule has 2 aromatic rings. The van der Waals surface area contributed by atoms with Gasteiger partial charge in [0.2, 0.25) is 0 Å². The summed E-state index contributed by atoms with van der Waals surface area (Å²) in [6.07, 6.45) is 1.18. The first-order valence-corrected chi connectivity index (χ1v) is 10.4. The fourth-order valence-electron chi connectivity index (χ4n) is 3.52. The number of non-ortho nitro benzene ring substituents is 1. The quantitative estimate of drug-likeness (QED) is 0.524. The Hall–Kier alpha value is -2.13. The number of nitro benzene ring substituents is 1. The Kier molecular flexibility index (Phi) is 5.78. The summed E-state index contributed by atoms with van der Waals surface area (Å²) < 4.78 is 11.4. The normalized spacial score (nSPS) is 18.2. The molecule has 2 aromatic carbocycles. The smallest absolute Gasteiger partial charge is 0.270 e. The van der Waals surface area contributed by atoms with Gasteiger partial charge >= 0.3 is 0 Å². The van der Waals surface area contributed by atoms with Crippen molar-refractivity contribution in [1.82, 2.24) is 4.90 Å². The average molecular weight is 435 g/mol. The van der Waals surface area contributed by atoms with E-state index in [1.54, 1.807) is 23.1 Å². The van der Waals surface area contributed by atoms with E-state index in [4.69, 9.17) is 21.1 Å². The maximum absolute atomic E-state index is 13.2. The van der Waals surface area contributed by atoms with E-state index in [0.29, 0.717) is 54.6 Å². The minimum atomic E-state index is -0.583. The molecule has 2 saturated heterocycles. The average Bonchev–Trinajstić information content (AvgIpc) is 3.18. The first-order chi connectivity index (χ1) is 14.0. The number of benzene rings is 2. The van der Waals surface area contributed by atoms with Crippen molar-refractivity contribution < 1.29 is 19.2 Å². The number of piperidine rings is 1.